The van der Waals surface area contributed by atoms with Crippen molar-refractivity contribution in [2.45, 2.75) is 51.6 Å². The van der Waals surface area contributed by atoms with Crippen LogP contribution in [-0.4, -0.2) is 21.9 Å². The van der Waals surface area contributed by atoms with E-state index in [1.54, 1.807) is 0 Å². The third kappa shape index (κ3) is 4.58. The minimum absolute atomic E-state index is 0.155. The first-order valence-electron chi connectivity index (χ1n) is 8.35. The number of aromatic nitrogens is 2. The molecule has 2 amide bonds. The number of nitrogens with one attached hydrogen (secondary N) is 2. The Morgan fingerprint density at radius 1 is 1.17 bits per heavy atom. The maximum atomic E-state index is 12.0. The molecule has 3 rings (SSSR count). The summed E-state index contributed by atoms with van der Waals surface area (Å²) in [4.78, 5) is 12.0. The molecule has 0 atom stereocenters. The van der Waals surface area contributed by atoms with Gasteiger partial charge in [-0.05, 0) is 25.3 Å². The number of nitrogens with zero attached hydrogens (tertiary/aromatic N) is 2. The highest BCUT2D eigenvalue weighted by molar-refractivity contribution is 5.88. The van der Waals surface area contributed by atoms with Gasteiger partial charge in [0.05, 0.1) is 6.54 Å². The van der Waals surface area contributed by atoms with Gasteiger partial charge in [0, 0.05) is 18.3 Å². The Labute approximate surface area is 137 Å². The van der Waals surface area contributed by atoms with Crippen molar-refractivity contribution in [1.29, 1.82) is 0 Å². The van der Waals surface area contributed by atoms with Gasteiger partial charge in [-0.1, -0.05) is 49.1 Å². The van der Waals surface area contributed by atoms with Crippen molar-refractivity contribution in [3.63, 3.8) is 0 Å². The normalized spacial score (nSPS) is 15.3. The minimum atomic E-state index is -0.155. The lowest BCUT2D eigenvalue weighted by atomic mass is 9.96. The first-order valence-corrected chi connectivity index (χ1v) is 8.35. The molecule has 2 aromatic rings. The smallest absolute Gasteiger partial charge is 0.320 e. The van der Waals surface area contributed by atoms with Gasteiger partial charge < -0.3 is 5.32 Å². The summed E-state index contributed by atoms with van der Waals surface area (Å²) in [5.74, 6) is 0.588. The third-order valence-corrected chi connectivity index (χ3v) is 4.29. The molecule has 1 aromatic heterocycles. The molecule has 1 saturated carbocycles. The summed E-state index contributed by atoms with van der Waals surface area (Å²) in [6.45, 7) is 2.77. The highest BCUT2D eigenvalue weighted by atomic mass is 16.2. The van der Waals surface area contributed by atoms with Gasteiger partial charge in [0.15, 0.2) is 5.82 Å². The van der Waals surface area contributed by atoms with E-state index < -0.39 is 0 Å². The molecule has 0 bridgehead atoms. The average Bonchev–Trinajstić information content (AvgIpc) is 2.97. The van der Waals surface area contributed by atoms with Gasteiger partial charge in [-0.2, -0.15) is 5.10 Å². The molecule has 1 aliphatic carbocycles. The maximum absolute atomic E-state index is 12.0. The number of carbonyl (C=O) groups is 1. The number of carbonyl (C=O) groups excluding carboxylic acids is 1. The molecule has 0 saturated heterocycles. The predicted octanol–water partition coefficient (Wildman–Crippen LogP) is 3.69. The van der Waals surface area contributed by atoms with E-state index in [4.69, 9.17) is 0 Å². The van der Waals surface area contributed by atoms with Crippen molar-refractivity contribution in [2.24, 2.45) is 0 Å². The molecular formula is C18H24N4O. The summed E-state index contributed by atoms with van der Waals surface area (Å²) in [7, 11) is 0. The molecule has 122 valence electrons. The van der Waals surface area contributed by atoms with Crippen molar-refractivity contribution in [3.05, 3.63) is 47.7 Å². The topological polar surface area (TPSA) is 59.0 Å². The van der Waals surface area contributed by atoms with Gasteiger partial charge in [0.2, 0.25) is 0 Å². The fourth-order valence-corrected chi connectivity index (χ4v) is 2.98. The van der Waals surface area contributed by atoms with E-state index in [1.807, 2.05) is 16.9 Å². The SMILES string of the molecule is Cc1ccc(Cn2ccc(NC(=O)NC3CCCCC3)n2)cc1. The standard InChI is InChI=1S/C18H24N4O/c1-14-7-9-15(10-8-14)13-22-12-11-17(21-22)20-18(23)19-16-5-3-2-4-6-16/h7-12,16H,2-6,13H2,1H3,(H2,19,20,21,23). The average molecular weight is 312 g/mol. The van der Waals surface area contributed by atoms with Crippen molar-refractivity contribution in [2.75, 3.05) is 5.32 Å². The minimum Gasteiger partial charge on any atom is -0.335 e. The second-order valence-corrected chi connectivity index (χ2v) is 6.32. The first kappa shape index (κ1) is 15.6. The van der Waals surface area contributed by atoms with Crippen LogP contribution in [0, 0.1) is 6.92 Å². The summed E-state index contributed by atoms with van der Waals surface area (Å²) in [6.07, 6.45) is 7.73. The van der Waals surface area contributed by atoms with E-state index >= 15 is 0 Å². The Morgan fingerprint density at radius 2 is 1.91 bits per heavy atom. The maximum Gasteiger partial charge on any atom is 0.320 e. The zero-order valence-corrected chi connectivity index (χ0v) is 13.6. The van der Waals surface area contributed by atoms with Gasteiger partial charge in [0.25, 0.3) is 0 Å². The van der Waals surface area contributed by atoms with E-state index in [-0.39, 0.29) is 6.03 Å². The van der Waals surface area contributed by atoms with E-state index in [1.165, 1.54) is 30.4 Å². The Morgan fingerprint density at radius 3 is 2.65 bits per heavy atom. The van der Waals surface area contributed by atoms with E-state index in [0.717, 1.165) is 12.8 Å². The van der Waals surface area contributed by atoms with Crippen molar-refractivity contribution < 1.29 is 4.79 Å². The molecular weight excluding hydrogens is 288 g/mol. The molecule has 5 heteroatoms. The molecule has 1 aliphatic rings. The van der Waals surface area contributed by atoms with Crippen LogP contribution in [0.3, 0.4) is 0 Å². The lowest BCUT2D eigenvalue weighted by Gasteiger charge is -2.22. The van der Waals surface area contributed by atoms with Crippen LogP contribution in [0.4, 0.5) is 10.6 Å². The molecule has 23 heavy (non-hydrogen) atoms. The van der Waals surface area contributed by atoms with E-state index in [0.29, 0.717) is 18.4 Å². The highest BCUT2D eigenvalue weighted by Crippen LogP contribution is 2.17. The molecule has 2 N–H and O–H groups in total. The summed E-state index contributed by atoms with van der Waals surface area (Å²) >= 11 is 0. The molecule has 1 heterocycles. The van der Waals surface area contributed by atoms with Gasteiger partial charge in [0.1, 0.15) is 0 Å². The van der Waals surface area contributed by atoms with Gasteiger partial charge in [-0.3, -0.25) is 10.00 Å². The first-order chi connectivity index (χ1) is 11.2. The summed E-state index contributed by atoms with van der Waals surface area (Å²) < 4.78 is 1.83. The second kappa shape index (κ2) is 7.31. The van der Waals surface area contributed by atoms with Crippen LogP contribution in [-0.2, 0) is 6.54 Å². The van der Waals surface area contributed by atoms with Crippen molar-refractivity contribution >= 4 is 11.8 Å². The van der Waals surface area contributed by atoms with Crippen LogP contribution in [0.25, 0.3) is 0 Å². The molecule has 0 spiro atoms. The highest BCUT2D eigenvalue weighted by Gasteiger charge is 2.16. The number of benzene rings is 1. The Bertz CT molecular complexity index is 641. The lowest BCUT2D eigenvalue weighted by molar-refractivity contribution is 0.244. The zero-order valence-electron chi connectivity index (χ0n) is 13.6. The van der Waals surface area contributed by atoms with E-state index in [2.05, 4.69) is 46.9 Å². The summed E-state index contributed by atoms with van der Waals surface area (Å²) in [5, 5.41) is 10.3. The number of rotatable bonds is 4. The number of anilines is 1. The fraction of sp³-hybridized carbons (Fsp3) is 0.444. The van der Waals surface area contributed by atoms with Gasteiger partial charge in [-0.15, -0.1) is 0 Å². The molecule has 0 unspecified atom stereocenters. The van der Waals surface area contributed by atoms with Crippen LogP contribution >= 0.6 is 0 Å². The summed E-state index contributed by atoms with van der Waals surface area (Å²) in [6, 6.07) is 10.4. The quantitative estimate of drug-likeness (QED) is 0.904. The summed E-state index contributed by atoms with van der Waals surface area (Å²) in [5.41, 5.74) is 2.44. The monoisotopic (exact) mass is 312 g/mol. The van der Waals surface area contributed by atoms with Crippen LogP contribution in [0.15, 0.2) is 36.5 Å². The number of urea groups is 1. The molecule has 1 fully saturated rings. The van der Waals surface area contributed by atoms with Crippen LogP contribution in [0.2, 0.25) is 0 Å². The number of aryl methyl sites for hydroxylation is 1. The number of amides is 2. The zero-order chi connectivity index (χ0) is 16.1. The largest absolute Gasteiger partial charge is 0.335 e. The van der Waals surface area contributed by atoms with Crippen molar-refractivity contribution in [3.8, 4) is 0 Å². The van der Waals surface area contributed by atoms with E-state index in [9.17, 15) is 4.79 Å². The lowest BCUT2D eigenvalue weighted by Crippen LogP contribution is -2.39. The molecule has 5 nitrogen and oxygen atoms in total. The predicted molar refractivity (Wildman–Crippen MR) is 91.5 cm³/mol. The van der Waals surface area contributed by atoms with Crippen LogP contribution < -0.4 is 10.6 Å². The molecule has 1 aromatic carbocycles. The third-order valence-electron chi connectivity index (χ3n) is 4.29. The second-order valence-electron chi connectivity index (χ2n) is 6.32. The Hall–Kier alpha value is -2.30. The van der Waals surface area contributed by atoms with Crippen molar-refractivity contribution in [1.82, 2.24) is 15.1 Å². The Balaban J connectivity index is 1.52. The molecule has 0 aliphatic heterocycles. The number of hydrogen-bond donors (Lipinski definition) is 2. The van der Waals surface area contributed by atoms with Gasteiger partial charge in [-0.25, -0.2) is 4.79 Å². The number of hydrogen-bond acceptors (Lipinski definition) is 2. The Kier molecular flexibility index (Phi) is 4.95. The van der Waals surface area contributed by atoms with Gasteiger partial charge >= 0.3 is 6.03 Å². The van der Waals surface area contributed by atoms with Crippen LogP contribution in [0.1, 0.15) is 43.2 Å². The fourth-order valence-electron chi connectivity index (χ4n) is 2.98. The van der Waals surface area contributed by atoms with Crippen LogP contribution in [0.5, 0.6) is 0 Å². The molecule has 0 radical (unpaired) electrons.